The van der Waals surface area contributed by atoms with Crippen LogP contribution in [0.4, 0.5) is 0 Å². The summed E-state index contributed by atoms with van der Waals surface area (Å²) in [7, 11) is 0. The number of amides is 1. The summed E-state index contributed by atoms with van der Waals surface area (Å²) in [6.07, 6.45) is 4.06. The van der Waals surface area contributed by atoms with E-state index in [1.165, 1.54) is 28.9 Å². The van der Waals surface area contributed by atoms with Gasteiger partial charge in [0.1, 0.15) is 0 Å². The van der Waals surface area contributed by atoms with Crippen LogP contribution in [0.15, 0.2) is 25.3 Å². The van der Waals surface area contributed by atoms with E-state index in [-0.39, 0.29) is 5.91 Å². The van der Waals surface area contributed by atoms with E-state index in [0.29, 0.717) is 14.8 Å². The summed E-state index contributed by atoms with van der Waals surface area (Å²) in [5, 5.41) is 0. The molecule has 0 aromatic carbocycles. The fourth-order valence-electron chi connectivity index (χ4n) is 18.8. The van der Waals surface area contributed by atoms with Gasteiger partial charge in [0.2, 0.25) is 0 Å². The summed E-state index contributed by atoms with van der Waals surface area (Å²) in [6.45, 7) is 9.22. The normalized spacial score (nSPS) is 102. The molecule has 5 unspecified atom stereocenters. The van der Waals surface area contributed by atoms with Crippen molar-refractivity contribution in [2.45, 2.75) is 67.2 Å². The first-order valence-corrected chi connectivity index (χ1v) is 14.8. The Labute approximate surface area is 114 Å². The van der Waals surface area contributed by atoms with Gasteiger partial charge in [-0.25, -0.2) is 0 Å². The fourth-order valence-corrected chi connectivity index (χ4v) is 94.3. The quantitative estimate of drug-likeness (QED) is 0.430. The Morgan fingerprint density at radius 1 is 1.10 bits per heavy atom. The van der Waals surface area contributed by atoms with Gasteiger partial charge in [-0.3, -0.25) is 0 Å². The van der Waals surface area contributed by atoms with Gasteiger partial charge in [0.05, 0.1) is 0 Å². The second kappa shape index (κ2) is 0.794. The van der Waals surface area contributed by atoms with Gasteiger partial charge in [-0.15, -0.1) is 0 Å². The molecule has 1 amide bonds. The van der Waals surface area contributed by atoms with Gasteiger partial charge < -0.3 is 0 Å². The first-order valence-electron chi connectivity index (χ1n) is 8.61. The van der Waals surface area contributed by atoms with Crippen LogP contribution in [0.25, 0.3) is 0 Å². The summed E-state index contributed by atoms with van der Waals surface area (Å²) in [5.74, 6) is 0.235. The first kappa shape index (κ1) is 8.93. The molecule has 0 aromatic heterocycles. The summed E-state index contributed by atoms with van der Waals surface area (Å²) in [6, 6.07) is 0.340. The van der Waals surface area contributed by atoms with Gasteiger partial charge in [-0.05, 0) is 0 Å². The van der Waals surface area contributed by atoms with Crippen molar-refractivity contribution < 1.29 is 11.3 Å². The number of nitrogens with zero attached hydrogens (tertiary/aromatic N) is 1. The van der Waals surface area contributed by atoms with Crippen LogP contribution in [0.5, 0.6) is 0 Å². The van der Waals surface area contributed by atoms with Crippen LogP contribution in [-0.2, 0) is 11.3 Å². The standard InChI is InChI=1S/C13H16NO.C5H5.Fe/c1-5-11-8-7-9-12(11)14(10(3)4)13(15)6-2;1-2-4-5-3-1;/h5-10H,1-2H2,3-4H3;1-5H;. The molecule has 10 fully saturated rings. The molecule has 21 heavy (non-hydrogen) atoms. The topological polar surface area (TPSA) is 20.3 Å². The molecule has 10 saturated heterocycles. The third-order valence-electron chi connectivity index (χ3n) is 16.5. The maximum absolute atomic E-state index is 12.9. The van der Waals surface area contributed by atoms with Crippen molar-refractivity contribution in [1.82, 2.24) is 4.90 Å². The van der Waals surface area contributed by atoms with E-state index in [4.69, 9.17) is 0 Å². The van der Waals surface area contributed by atoms with E-state index in [0.717, 1.165) is 9.63 Å². The number of carbonyl (C=O) groups excluding carboxylic acids is 1. The van der Waals surface area contributed by atoms with Gasteiger partial charge in [0.15, 0.2) is 0 Å². The average molecular weight is 323 g/mol. The maximum atomic E-state index is 12.9. The van der Waals surface area contributed by atoms with Crippen molar-refractivity contribution in [2.75, 3.05) is 0 Å². The van der Waals surface area contributed by atoms with Crippen LogP contribution >= 0.6 is 0 Å². The summed E-state index contributed by atoms with van der Waals surface area (Å²) in [4.78, 5) is 24.7. The molecule has 10 aliphatic heterocycles. The molecule has 5 atom stereocenters. The molecule has 10 rings (SSSR count). The molecule has 0 saturated carbocycles. The second-order valence-corrected chi connectivity index (χ2v) is 35.2. The first-order chi connectivity index (χ1) is 9.80. The minimum absolute atomic E-state index is 0.235. The predicted molar refractivity (Wildman–Crippen MR) is 77.8 cm³/mol. The Balaban J connectivity index is 1.51. The van der Waals surface area contributed by atoms with E-state index in [9.17, 15) is 4.79 Å². The third kappa shape index (κ3) is 0.0986. The molecule has 10 aliphatic rings. The zero-order chi connectivity index (χ0) is 14.1. The average Bonchev–Trinajstić information content (AvgIpc) is 3.40. The van der Waals surface area contributed by atoms with E-state index in [1.54, 1.807) is 6.08 Å². The molecule has 0 aromatic rings. The second-order valence-electron chi connectivity index (χ2n) is 12.0. The molecule has 10 heterocycles. The zero-order valence-electron chi connectivity index (χ0n) is 12.5. The molecular formula is C18H21FeNO. The molecule has 1 spiro atoms. The van der Waals surface area contributed by atoms with E-state index >= 15 is 0 Å². The Morgan fingerprint density at radius 2 is 1.67 bits per heavy atom. The molecule has 0 aliphatic carbocycles. The molecule has 0 N–H and O–H groups in total. The van der Waals surface area contributed by atoms with Crippen molar-refractivity contribution in [2.24, 2.45) is 0 Å². The van der Waals surface area contributed by atoms with Crippen molar-refractivity contribution in [1.29, 1.82) is 0 Å². The number of fused-ring (bicyclic) bond motifs is 10. The van der Waals surface area contributed by atoms with E-state index in [1.807, 2.05) is 0 Å². The molecule has 0 radical (unpaired) electrons. The van der Waals surface area contributed by atoms with Crippen molar-refractivity contribution in [3.8, 4) is 0 Å². The monoisotopic (exact) mass is 323 g/mol. The number of carbonyl (C=O) groups is 1. The number of hydrogen-bond acceptors (Lipinski definition) is 1. The Morgan fingerprint density at radius 3 is 1.95 bits per heavy atom. The molecular weight excluding hydrogens is 302 g/mol. The molecule has 0 bridgehead atoms. The molecule has 2 nitrogen and oxygen atoms in total. The van der Waals surface area contributed by atoms with Crippen LogP contribution in [0.1, 0.15) is 13.8 Å². The van der Waals surface area contributed by atoms with E-state index in [2.05, 4.69) is 38.0 Å². The van der Waals surface area contributed by atoms with Crippen LogP contribution in [0.2, 0.25) is 42.8 Å². The van der Waals surface area contributed by atoms with Crippen molar-refractivity contribution in [3.63, 3.8) is 0 Å². The summed E-state index contributed by atoms with van der Waals surface area (Å²) >= 11 is 0. The third-order valence-corrected chi connectivity index (χ3v) is 59.2. The number of hydrogen-bond donors (Lipinski definition) is 0. The van der Waals surface area contributed by atoms with Gasteiger partial charge in [0.25, 0.3) is 0 Å². The number of rotatable bonds is 4. The molecule has 112 valence electrons. The molecule has 3 heteroatoms. The van der Waals surface area contributed by atoms with Crippen LogP contribution < -0.4 is 0 Å². The predicted octanol–water partition coefficient (Wildman–Crippen LogP) is 4.26. The SMILES string of the molecule is C=CC(=O)N(C(C)C)[C]12[CH]3[CH]4[CH]5[C]1(C=C)[Fe]45321678[CH]2[CH]1[CH]6[CH]7[CH]28. The Kier molecular flexibility index (Phi) is 0.338. The van der Waals surface area contributed by atoms with Crippen LogP contribution in [-0.4, -0.2) is 21.3 Å². The minimum atomic E-state index is -3.49. The fraction of sp³-hybridized carbons (Fsp3) is 0.722. The summed E-state index contributed by atoms with van der Waals surface area (Å²) < 4.78 is 0.933. The van der Waals surface area contributed by atoms with Crippen molar-refractivity contribution in [3.05, 3.63) is 25.3 Å². The van der Waals surface area contributed by atoms with Gasteiger partial charge >= 0.3 is 115 Å². The van der Waals surface area contributed by atoms with E-state index < -0.39 is 6.51 Å². The Hall–Kier alpha value is -0.531. The van der Waals surface area contributed by atoms with Gasteiger partial charge in [0, 0.05) is 0 Å². The Bertz CT molecular complexity index is 1150. The van der Waals surface area contributed by atoms with Crippen molar-refractivity contribution >= 4 is 5.91 Å². The van der Waals surface area contributed by atoms with Crippen LogP contribution in [0.3, 0.4) is 0 Å². The van der Waals surface area contributed by atoms with Gasteiger partial charge in [-0.2, -0.15) is 0 Å². The zero-order valence-corrected chi connectivity index (χ0v) is 13.6. The summed E-state index contributed by atoms with van der Waals surface area (Å²) in [5.41, 5.74) is 0. The van der Waals surface area contributed by atoms with Crippen LogP contribution in [0, 0.1) is 0 Å². The van der Waals surface area contributed by atoms with Gasteiger partial charge in [-0.1, -0.05) is 0 Å².